The molecular formula is C16H29N3O2. The molecule has 21 heavy (non-hydrogen) atoms. The molecule has 0 fully saturated rings. The normalized spacial score (nSPS) is 13.0. The second kappa shape index (κ2) is 8.08. The van der Waals surface area contributed by atoms with Gasteiger partial charge in [0.25, 0.3) is 0 Å². The van der Waals surface area contributed by atoms with Crippen molar-refractivity contribution in [1.29, 1.82) is 0 Å². The first-order valence-electron chi connectivity index (χ1n) is 7.65. The first kappa shape index (κ1) is 17.6. The summed E-state index contributed by atoms with van der Waals surface area (Å²) < 4.78 is 7.40. The van der Waals surface area contributed by atoms with Gasteiger partial charge in [0.15, 0.2) is 0 Å². The number of aryl methyl sites for hydroxylation is 1. The minimum Gasteiger partial charge on any atom is -0.444 e. The van der Waals surface area contributed by atoms with Crippen molar-refractivity contribution in [3.63, 3.8) is 0 Å². The number of ether oxygens (including phenoxy) is 1. The number of carbonyl (C=O) groups excluding carboxylic acids is 1. The summed E-state index contributed by atoms with van der Waals surface area (Å²) in [7, 11) is 0. The van der Waals surface area contributed by atoms with Crippen LogP contribution in [0.25, 0.3) is 0 Å². The third-order valence-electron chi connectivity index (χ3n) is 2.90. The maximum Gasteiger partial charge on any atom is 0.407 e. The highest BCUT2D eigenvalue weighted by Crippen LogP contribution is 2.06. The smallest absolute Gasteiger partial charge is 0.407 e. The van der Waals surface area contributed by atoms with Crippen molar-refractivity contribution >= 4 is 6.09 Å². The van der Waals surface area contributed by atoms with Crippen molar-refractivity contribution in [1.82, 2.24) is 15.2 Å². The van der Waals surface area contributed by atoms with E-state index in [0.717, 1.165) is 19.5 Å². The van der Waals surface area contributed by atoms with Crippen molar-refractivity contribution in [2.45, 2.75) is 65.8 Å². The van der Waals surface area contributed by atoms with Gasteiger partial charge in [-0.3, -0.25) is 0 Å². The number of carbonyl (C=O) groups is 1. The zero-order chi connectivity index (χ0) is 15.9. The summed E-state index contributed by atoms with van der Waals surface area (Å²) in [5.41, 5.74) is 0.802. The molecule has 0 radical (unpaired) electrons. The summed E-state index contributed by atoms with van der Waals surface area (Å²) in [6, 6.07) is 2.31. The van der Waals surface area contributed by atoms with E-state index in [1.165, 1.54) is 5.56 Å². The summed E-state index contributed by atoms with van der Waals surface area (Å²) >= 11 is 0. The third kappa shape index (κ3) is 7.75. The van der Waals surface area contributed by atoms with Crippen LogP contribution in [0.4, 0.5) is 4.79 Å². The van der Waals surface area contributed by atoms with E-state index in [1.54, 1.807) is 0 Å². The molecular weight excluding hydrogens is 266 g/mol. The molecule has 1 aromatic heterocycles. The number of alkyl carbamates (subject to hydrolysis) is 1. The molecule has 0 saturated carbocycles. The zero-order valence-electron chi connectivity index (χ0n) is 13.9. The first-order valence-corrected chi connectivity index (χ1v) is 7.65. The maximum absolute atomic E-state index is 11.5. The monoisotopic (exact) mass is 295 g/mol. The Hall–Kier alpha value is -1.49. The number of nitrogens with zero attached hydrogens (tertiary/aromatic N) is 1. The van der Waals surface area contributed by atoms with E-state index in [1.807, 2.05) is 27.7 Å². The molecule has 5 heteroatoms. The first-order chi connectivity index (χ1) is 9.80. The number of rotatable bonds is 7. The molecule has 0 aliphatic heterocycles. The molecule has 2 N–H and O–H groups in total. The van der Waals surface area contributed by atoms with Crippen LogP contribution in [0.1, 0.15) is 46.6 Å². The van der Waals surface area contributed by atoms with Crippen LogP contribution in [0, 0.1) is 0 Å². The fourth-order valence-corrected chi connectivity index (χ4v) is 1.91. The molecule has 0 aromatic carbocycles. The average molecular weight is 295 g/mol. The van der Waals surface area contributed by atoms with E-state index in [4.69, 9.17) is 4.74 Å². The van der Waals surface area contributed by atoms with Gasteiger partial charge in [0.1, 0.15) is 5.60 Å². The van der Waals surface area contributed by atoms with Crippen LogP contribution in [-0.2, 0) is 17.8 Å². The third-order valence-corrected chi connectivity index (χ3v) is 2.90. The van der Waals surface area contributed by atoms with Gasteiger partial charge in [0.2, 0.25) is 0 Å². The number of hydrogen-bond acceptors (Lipinski definition) is 3. The van der Waals surface area contributed by atoms with E-state index in [2.05, 4.69) is 40.6 Å². The standard InChI is InChI=1S/C16H29N3O2/c1-6-8-19-9-7-14(12-19)11-17-13(2)10-18-15(20)21-16(3,4)5/h7,9,12-13,17H,6,8,10-11H2,1-5H3,(H,18,20). The van der Waals surface area contributed by atoms with Crippen molar-refractivity contribution < 1.29 is 9.53 Å². The number of amides is 1. The molecule has 0 bridgehead atoms. The molecule has 120 valence electrons. The molecule has 5 nitrogen and oxygen atoms in total. The van der Waals surface area contributed by atoms with Crippen LogP contribution in [-0.4, -0.2) is 28.8 Å². The van der Waals surface area contributed by atoms with E-state index in [9.17, 15) is 4.79 Å². The second-order valence-corrected chi connectivity index (χ2v) is 6.42. The Morgan fingerprint density at radius 3 is 2.76 bits per heavy atom. The summed E-state index contributed by atoms with van der Waals surface area (Å²) in [5.74, 6) is 0. The molecule has 0 aliphatic rings. The van der Waals surface area contributed by atoms with Gasteiger partial charge in [-0.25, -0.2) is 4.79 Å². The zero-order valence-corrected chi connectivity index (χ0v) is 13.9. The van der Waals surface area contributed by atoms with E-state index in [-0.39, 0.29) is 12.1 Å². The Kier molecular flexibility index (Phi) is 6.75. The average Bonchev–Trinajstić information content (AvgIpc) is 2.80. The van der Waals surface area contributed by atoms with E-state index >= 15 is 0 Å². The largest absolute Gasteiger partial charge is 0.444 e. The molecule has 1 aromatic rings. The lowest BCUT2D eigenvalue weighted by Crippen LogP contribution is -2.40. The quantitative estimate of drug-likeness (QED) is 0.813. The molecule has 1 unspecified atom stereocenters. The highest BCUT2D eigenvalue weighted by atomic mass is 16.6. The maximum atomic E-state index is 11.5. The highest BCUT2D eigenvalue weighted by Gasteiger charge is 2.16. The fraction of sp³-hybridized carbons (Fsp3) is 0.688. The predicted octanol–water partition coefficient (Wildman–Crippen LogP) is 2.90. The van der Waals surface area contributed by atoms with Crippen LogP contribution >= 0.6 is 0 Å². The summed E-state index contributed by atoms with van der Waals surface area (Å²) in [4.78, 5) is 11.5. The van der Waals surface area contributed by atoms with Gasteiger partial charge in [-0.2, -0.15) is 0 Å². The fourth-order valence-electron chi connectivity index (χ4n) is 1.91. The van der Waals surface area contributed by atoms with Gasteiger partial charge in [0, 0.05) is 38.1 Å². The molecule has 1 rings (SSSR count). The highest BCUT2D eigenvalue weighted by molar-refractivity contribution is 5.67. The van der Waals surface area contributed by atoms with Gasteiger partial charge in [-0.1, -0.05) is 6.92 Å². The SMILES string of the molecule is CCCn1ccc(CNC(C)CNC(=O)OC(C)(C)C)c1. The van der Waals surface area contributed by atoms with Crippen LogP contribution in [0.3, 0.4) is 0 Å². The van der Waals surface area contributed by atoms with Crippen molar-refractivity contribution in [2.75, 3.05) is 6.54 Å². The molecule has 1 amide bonds. The van der Waals surface area contributed by atoms with Gasteiger partial charge in [-0.15, -0.1) is 0 Å². The number of nitrogens with one attached hydrogen (secondary N) is 2. The van der Waals surface area contributed by atoms with Crippen LogP contribution in [0.5, 0.6) is 0 Å². The predicted molar refractivity (Wildman–Crippen MR) is 85.3 cm³/mol. The molecule has 0 spiro atoms. The Morgan fingerprint density at radius 2 is 2.14 bits per heavy atom. The Labute approximate surface area is 128 Å². The number of aromatic nitrogens is 1. The molecule has 0 saturated heterocycles. The lowest BCUT2D eigenvalue weighted by atomic mass is 10.2. The second-order valence-electron chi connectivity index (χ2n) is 6.42. The summed E-state index contributed by atoms with van der Waals surface area (Å²) in [5, 5.41) is 6.16. The van der Waals surface area contributed by atoms with Crippen molar-refractivity contribution in [3.05, 3.63) is 24.0 Å². The lowest BCUT2D eigenvalue weighted by Gasteiger charge is -2.21. The topological polar surface area (TPSA) is 55.3 Å². The van der Waals surface area contributed by atoms with Crippen LogP contribution in [0.2, 0.25) is 0 Å². The molecule has 0 aliphatic carbocycles. The minimum absolute atomic E-state index is 0.187. The van der Waals surface area contributed by atoms with Gasteiger partial charge < -0.3 is 19.9 Å². The molecule has 1 heterocycles. The number of hydrogen-bond donors (Lipinski definition) is 2. The molecule has 1 atom stereocenters. The van der Waals surface area contributed by atoms with Crippen molar-refractivity contribution in [3.8, 4) is 0 Å². The summed E-state index contributed by atoms with van der Waals surface area (Å²) in [6.45, 7) is 12.2. The Balaban J connectivity index is 2.24. The van der Waals surface area contributed by atoms with Gasteiger partial charge >= 0.3 is 6.09 Å². The minimum atomic E-state index is -0.455. The Bertz CT molecular complexity index is 435. The van der Waals surface area contributed by atoms with Crippen LogP contribution < -0.4 is 10.6 Å². The Morgan fingerprint density at radius 1 is 1.43 bits per heavy atom. The lowest BCUT2D eigenvalue weighted by molar-refractivity contribution is 0.0523. The summed E-state index contributed by atoms with van der Waals surface area (Å²) in [6.07, 6.45) is 5.03. The van der Waals surface area contributed by atoms with Gasteiger partial charge in [-0.05, 0) is 45.7 Å². The van der Waals surface area contributed by atoms with E-state index < -0.39 is 5.60 Å². The van der Waals surface area contributed by atoms with Crippen molar-refractivity contribution in [2.24, 2.45) is 0 Å². The van der Waals surface area contributed by atoms with Crippen LogP contribution in [0.15, 0.2) is 18.5 Å². The van der Waals surface area contributed by atoms with Gasteiger partial charge in [0.05, 0.1) is 0 Å². The van der Waals surface area contributed by atoms with E-state index in [0.29, 0.717) is 6.54 Å².